The molecule has 0 saturated carbocycles. The topological polar surface area (TPSA) is 97.1 Å². The first kappa shape index (κ1) is 19.1. The maximum absolute atomic E-state index is 11.9. The van der Waals surface area contributed by atoms with E-state index in [4.69, 9.17) is 0 Å². The molecule has 142 valence electrons. The van der Waals surface area contributed by atoms with Crippen LogP contribution in [-0.2, 0) is 16.6 Å². The predicted octanol–water partition coefficient (Wildman–Crippen LogP) is 2.76. The highest BCUT2D eigenvalue weighted by Crippen LogP contribution is 2.31. The molecule has 2 N–H and O–H groups in total. The molecule has 27 heavy (non-hydrogen) atoms. The Morgan fingerprint density at radius 3 is 2.41 bits per heavy atom. The molecule has 0 aliphatic heterocycles. The number of pyridine rings is 1. The van der Waals surface area contributed by atoms with E-state index in [1.54, 1.807) is 29.2 Å². The second-order valence-electron chi connectivity index (χ2n) is 6.11. The Balaban J connectivity index is 1.94. The largest absolute Gasteiger partial charge is 0.394 e. The van der Waals surface area contributed by atoms with E-state index >= 15 is 0 Å². The highest BCUT2D eigenvalue weighted by atomic mass is 32.2. The van der Waals surface area contributed by atoms with E-state index in [1.165, 1.54) is 0 Å². The molecule has 0 saturated heterocycles. The number of hydrogen-bond donors (Lipinski definition) is 2. The lowest BCUT2D eigenvalue weighted by atomic mass is 10.0. The molecule has 0 atom stereocenters. The van der Waals surface area contributed by atoms with Crippen molar-refractivity contribution >= 4 is 15.7 Å². The summed E-state index contributed by atoms with van der Waals surface area (Å²) in [6.45, 7) is 2.22. The number of aliphatic hydroxyl groups is 1. The Kier molecular flexibility index (Phi) is 5.88. The number of rotatable bonds is 8. The summed E-state index contributed by atoms with van der Waals surface area (Å²) in [5.74, 6) is 0.0921. The SMILES string of the molecule is CCCS(=O)(=O)Nc1ccc(-c2cn(CCO)nc2-c2ccncc2)cc1. The van der Waals surface area contributed by atoms with Crippen LogP contribution in [0.2, 0.25) is 0 Å². The third kappa shape index (κ3) is 4.72. The fourth-order valence-electron chi connectivity index (χ4n) is 2.79. The first-order valence-electron chi connectivity index (χ1n) is 8.72. The van der Waals surface area contributed by atoms with Crippen LogP contribution in [0.25, 0.3) is 22.4 Å². The van der Waals surface area contributed by atoms with E-state index in [9.17, 15) is 13.5 Å². The number of aliphatic hydroxyl groups excluding tert-OH is 1. The van der Waals surface area contributed by atoms with Gasteiger partial charge in [-0.15, -0.1) is 0 Å². The number of hydrogen-bond acceptors (Lipinski definition) is 5. The van der Waals surface area contributed by atoms with Gasteiger partial charge in [0, 0.05) is 35.4 Å². The van der Waals surface area contributed by atoms with Gasteiger partial charge in [-0.2, -0.15) is 5.10 Å². The Morgan fingerprint density at radius 2 is 1.78 bits per heavy atom. The highest BCUT2D eigenvalue weighted by Gasteiger charge is 2.14. The van der Waals surface area contributed by atoms with Gasteiger partial charge in [-0.1, -0.05) is 19.1 Å². The zero-order valence-electron chi connectivity index (χ0n) is 15.0. The smallest absolute Gasteiger partial charge is 0.232 e. The van der Waals surface area contributed by atoms with Crippen molar-refractivity contribution < 1.29 is 13.5 Å². The number of nitrogens with zero attached hydrogens (tertiary/aromatic N) is 3. The minimum Gasteiger partial charge on any atom is -0.394 e. The van der Waals surface area contributed by atoms with Crippen molar-refractivity contribution in [1.82, 2.24) is 14.8 Å². The van der Waals surface area contributed by atoms with Crippen molar-refractivity contribution in [3.05, 3.63) is 55.0 Å². The van der Waals surface area contributed by atoms with E-state index in [2.05, 4.69) is 14.8 Å². The maximum atomic E-state index is 11.9. The monoisotopic (exact) mass is 386 g/mol. The summed E-state index contributed by atoms with van der Waals surface area (Å²) in [5, 5.41) is 13.8. The van der Waals surface area contributed by atoms with Crippen LogP contribution >= 0.6 is 0 Å². The lowest BCUT2D eigenvalue weighted by Crippen LogP contribution is -2.15. The van der Waals surface area contributed by atoms with Gasteiger partial charge >= 0.3 is 0 Å². The zero-order valence-corrected chi connectivity index (χ0v) is 15.9. The third-order valence-electron chi connectivity index (χ3n) is 3.99. The Bertz CT molecular complexity index is 984. The fourth-order valence-corrected chi connectivity index (χ4v) is 3.92. The summed E-state index contributed by atoms with van der Waals surface area (Å²) in [7, 11) is -3.32. The molecule has 1 aromatic carbocycles. The lowest BCUT2D eigenvalue weighted by Gasteiger charge is -2.08. The van der Waals surface area contributed by atoms with Gasteiger partial charge in [0.15, 0.2) is 0 Å². The molecule has 0 aliphatic carbocycles. The van der Waals surface area contributed by atoms with Crippen LogP contribution in [-0.4, -0.2) is 40.6 Å². The molecule has 0 unspecified atom stereocenters. The average Bonchev–Trinajstić information content (AvgIpc) is 3.07. The standard InChI is InChI=1S/C19H22N4O3S/c1-2-13-27(25,26)22-17-5-3-15(4-6-17)18-14-23(11-12-24)21-19(18)16-7-9-20-10-8-16/h3-10,14,22,24H,2,11-13H2,1H3. The maximum Gasteiger partial charge on any atom is 0.232 e. The fraction of sp³-hybridized carbons (Fsp3) is 0.263. The second kappa shape index (κ2) is 8.32. The molecule has 8 heteroatoms. The number of sulfonamides is 1. The molecule has 0 bridgehead atoms. The summed E-state index contributed by atoms with van der Waals surface area (Å²) in [4.78, 5) is 4.04. The molecular weight excluding hydrogens is 364 g/mol. The van der Waals surface area contributed by atoms with Gasteiger partial charge in [-0.3, -0.25) is 14.4 Å². The first-order valence-corrected chi connectivity index (χ1v) is 10.4. The van der Waals surface area contributed by atoms with Crippen LogP contribution in [0.5, 0.6) is 0 Å². The Hall–Kier alpha value is -2.71. The molecule has 0 spiro atoms. The normalized spacial score (nSPS) is 11.5. The molecule has 7 nitrogen and oxygen atoms in total. The van der Waals surface area contributed by atoms with E-state index in [0.29, 0.717) is 18.7 Å². The van der Waals surface area contributed by atoms with E-state index in [-0.39, 0.29) is 12.4 Å². The van der Waals surface area contributed by atoms with Gasteiger partial charge in [-0.05, 0) is 36.2 Å². The van der Waals surface area contributed by atoms with Crippen LogP contribution < -0.4 is 4.72 Å². The van der Waals surface area contributed by atoms with Gasteiger partial charge in [0.1, 0.15) is 5.69 Å². The van der Waals surface area contributed by atoms with Gasteiger partial charge in [0.2, 0.25) is 10.0 Å². The minimum atomic E-state index is -3.32. The van der Waals surface area contributed by atoms with E-state index in [1.807, 2.05) is 37.4 Å². The van der Waals surface area contributed by atoms with Gasteiger partial charge < -0.3 is 5.11 Å². The Morgan fingerprint density at radius 1 is 1.07 bits per heavy atom. The van der Waals surface area contributed by atoms with Crippen molar-refractivity contribution in [1.29, 1.82) is 0 Å². The molecule has 3 rings (SSSR count). The average molecular weight is 386 g/mol. The third-order valence-corrected chi connectivity index (χ3v) is 5.48. The molecule has 2 aromatic heterocycles. The molecule has 3 aromatic rings. The van der Waals surface area contributed by atoms with Gasteiger partial charge in [0.25, 0.3) is 0 Å². The zero-order chi connectivity index (χ0) is 19.3. The predicted molar refractivity (Wildman–Crippen MR) is 106 cm³/mol. The molecule has 0 aliphatic rings. The Labute approximate surface area is 158 Å². The van der Waals surface area contributed by atoms with Crippen molar-refractivity contribution in [3.8, 4) is 22.4 Å². The number of aromatic nitrogens is 3. The number of nitrogens with one attached hydrogen (secondary N) is 1. The van der Waals surface area contributed by atoms with Crippen molar-refractivity contribution in [2.24, 2.45) is 0 Å². The van der Waals surface area contributed by atoms with Crippen LogP contribution in [0.15, 0.2) is 55.0 Å². The van der Waals surface area contributed by atoms with Gasteiger partial charge in [-0.25, -0.2) is 8.42 Å². The van der Waals surface area contributed by atoms with Crippen molar-refractivity contribution in [2.45, 2.75) is 19.9 Å². The van der Waals surface area contributed by atoms with E-state index in [0.717, 1.165) is 22.4 Å². The van der Waals surface area contributed by atoms with Gasteiger partial charge in [0.05, 0.1) is 18.9 Å². The molecule has 2 heterocycles. The van der Waals surface area contributed by atoms with Crippen molar-refractivity contribution in [2.75, 3.05) is 17.1 Å². The lowest BCUT2D eigenvalue weighted by molar-refractivity contribution is 0.269. The molecule has 0 radical (unpaired) electrons. The van der Waals surface area contributed by atoms with Crippen LogP contribution in [0.4, 0.5) is 5.69 Å². The van der Waals surface area contributed by atoms with Crippen LogP contribution in [0.1, 0.15) is 13.3 Å². The van der Waals surface area contributed by atoms with E-state index < -0.39 is 10.0 Å². The second-order valence-corrected chi connectivity index (χ2v) is 7.95. The minimum absolute atomic E-state index is 0.00491. The quantitative estimate of drug-likeness (QED) is 0.620. The van der Waals surface area contributed by atoms with Crippen molar-refractivity contribution in [3.63, 3.8) is 0 Å². The first-order chi connectivity index (χ1) is 13.0. The van der Waals surface area contributed by atoms with Crippen LogP contribution in [0, 0.1) is 0 Å². The summed E-state index contributed by atoms with van der Waals surface area (Å²) < 4.78 is 28.1. The van der Waals surface area contributed by atoms with Crippen LogP contribution in [0.3, 0.4) is 0 Å². The number of benzene rings is 1. The summed E-state index contributed by atoms with van der Waals surface area (Å²) >= 11 is 0. The highest BCUT2D eigenvalue weighted by molar-refractivity contribution is 7.92. The summed E-state index contributed by atoms with van der Waals surface area (Å²) in [6.07, 6.45) is 5.85. The molecule has 0 amide bonds. The summed E-state index contributed by atoms with van der Waals surface area (Å²) in [6, 6.07) is 10.9. The molecular formula is C19H22N4O3S. The summed E-state index contributed by atoms with van der Waals surface area (Å²) in [5.41, 5.74) is 4.04. The number of anilines is 1. The molecule has 0 fully saturated rings.